The van der Waals surface area contributed by atoms with Gasteiger partial charge in [0.2, 0.25) is 0 Å². The third-order valence-corrected chi connectivity index (χ3v) is 4.90. The number of halogens is 1. The third-order valence-electron chi connectivity index (χ3n) is 4.65. The molecule has 0 atom stereocenters. The quantitative estimate of drug-likeness (QED) is 0.706. The minimum atomic E-state index is -0.383. The maximum atomic E-state index is 13.3. The van der Waals surface area contributed by atoms with Gasteiger partial charge in [-0.1, -0.05) is 35.9 Å². The smallest absolute Gasteiger partial charge is 0.264 e. The topological polar surface area (TPSA) is 53.2 Å². The number of pyridine rings is 1. The van der Waals surface area contributed by atoms with Crippen molar-refractivity contribution in [2.24, 2.45) is 0 Å². The van der Waals surface area contributed by atoms with Gasteiger partial charge in [0.05, 0.1) is 6.54 Å². The van der Waals surface area contributed by atoms with Crippen molar-refractivity contribution in [3.05, 3.63) is 97.9 Å². The molecule has 0 fully saturated rings. The van der Waals surface area contributed by atoms with E-state index in [0.717, 1.165) is 22.4 Å². The van der Waals surface area contributed by atoms with E-state index in [9.17, 15) is 9.59 Å². The summed E-state index contributed by atoms with van der Waals surface area (Å²) in [5.74, 6) is -0.333. The van der Waals surface area contributed by atoms with Crippen LogP contribution in [0, 0.1) is 20.8 Å². The van der Waals surface area contributed by atoms with Gasteiger partial charge in [0, 0.05) is 16.4 Å². The second kappa shape index (κ2) is 7.80. The first kappa shape index (κ1) is 18.9. The Bertz CT molecular complexity index is 1040. The van der Waals surface area contributed by atoms with Crippen LogP contribution in [-0.4, -0.2) is 10.9 Å². The summed E-state index contributed by atoms with van der Waals surface area (Å²) >= 11 is 5.98. The number of benzene rings is 2. The van der Waals surface area contributed by atoms with E-state index in [1.807, 2.05) is 44.2 Å². The summed E-state index contributed by atoms with van der Waals surface area (Å²) in [5.41, 5.74) is 4.25. The van der Waals surface area contributed by atoms with Crippen LogP contribution in [0.15, 0.2) is 59.4 Å². The summed E-state index contributed by atoms with van der Waals surface area (Å²) in [4.78, 5) is 30.0. The maximum absolute atomic E-state index is 13.3. The van der Waals surface area contributed by atoms with Gasteiger partial charge in [-0.25, -0.2) is 0 Å². The molecule has 1 heterocycles. The summed E-state index contributed by atoms with van der Waals surface area (Å²) in [6.45, 7) is 6.11. The highest BCUT2D eigenvalue weighted by Gasteiger charge is 2.22. The molecule has 4 nitrogen and oxygen atoms in total. The van der Waals surface area contributed by atoms with Crippen LogP contribution in [0.25, 0.3) is 0 Å². The average Bonchev–Trinajstić information content (AvgIpc) is 2.63. The molecule has 0 aliphatic carbocycles. The van der Waals surface area contributed by atoms with Crippen LogP contribution in [0.4, 0.5) is 5.69 Å². The van der Waals surface area contributed by atoms with E-state index in [-0.39, 0.29) is 17.0 Å². The molecule has 5 heteroatoms. The Labute approximate surface area is 163 Å². The Kier molecular flexibility index (Phi) is 5.47. The number of aromatic amines is 1. The van der Waals surface area contributed by atoms with Gasteiger partial charge in [0.25, 0.3) is 11.5 Å². The number of carbonyl (C=O) groups excluding carboxylic acids is 1. The Hall–Kier alpha value is -2.85. The van der Waals surface area contributed by atoms with Crippen molar-refractivity contribution in [2.45, 2.75) is 27.3 Å². The predicted octanol–water partition coefficient (Wildman–Crippen LogP) is 4.80. The molecule has 1 aromatic heterocycles. The molecule has 0 radical (unpaired) electrons. The van der Waals surface area contributed by atoms with Crippen molar-refractivity contribution in [3.8, 4) is 0 Å². The first-order valence-corrected chi connectivity index (χ1v) is 9.07. The molecule has 1 amide bonds. The molecule has 0 unspecified atom stereocenters. The molecular weight excluding hydrogens is 360 g/mol. The van der Waals surface area contributed by atoms with Crippen molar-refractivity contribution in [2.75, 3.05) is 4.90 Å². The van der Waals surface area contributed by atoms with E-state index >= 15 is 0 Å². The maximum Gasteiger partial charge on any atom is 0.264 e. The number of amides is 1. The van der Waals surface area contributed by atoms with Crippen LogP contribution >= 0.6 is 11.6 Å². The number of aryl methyl sites for hydroxylation is 2. The van der Waals surface area contributed by atoms with Crippen molar-refractivity contribution in [1.29, 1.82) is 0 Å². The largest absolute Gasteiger partial charge is 0.326 e. The number of nitrogens with zero attached hydrogens (tertiary/aromatic N) is 1. The number of rotatable bonds is 4. The number of anilines is 1. The predicted molar refractivity (Wildman–Crippen MR) is 110 cm³/mol. The lowest BCUT2D eigenvalue weighted by Gasteiger charge is -2.25. The van der Waals surface area contributed by atoms with Crippen LogP contribution in [0.5, 0.6) is 0 Å². The van der Waals surface area contributed by atoms with E-state index in [4.69, 9.17) is 11.6 Å². The molecule has 1 N–H and O–H groups in total. The van der Waals surface area contributed by atoms with Crippen molar-refractivity contribution in [1.82, 2.24) is 4.98 Å². The molecule has 27 heavy (non-hydrogen) atoms. The minimum Gasteiger partial charge on any atom is -0.326 e. The van der Waals surface area contributed by atoms with Crippen LogP contribution < -0.4 is 10.5 Å². The molecule has 0 aliphatic rings. The van der Waals surface area contributed by atoms with Crippen molar-refractivity contribution >= 4 is 23.2 Å². The average molecular weight is 381 g/mol. The summed E-state index contributed by atoms with van der Waals surface area (Å²) in [5, 5.41) is 0.637. The lowest BCUT2D eigenvalue weighted by molar-refractivity contribution is 0.0983. The van der Waals surface area contributed by atoms with Gasteiger partial charge in [0.1, 0.15) is 5.56 Å². The Morgan fingerprint density at radius 2 is 1.70 bits per heavy atom. The minimum absolute atomic E-state index is 0.121. The highest BCUT2D eigenvalue weighted by Crippen LogP contribution is 2.26. The van der Waals surface area contributed by atoms with Crippen LogP contribution in [0.2, 0.25) is 5.02 Å². The van der Waals surface area contributed by atoms with Gasteiger partial charge in [-0.3, -0.25) is 9.59 Å². The number of carbonyl (C=O) groups is 1. The zero-order chi connectivity index (χ0) is 19.6. The van der Waals surface area contributed by atoms with Gasteiger partial charge in [0.15, 0.2) is 0 Å². The fourth-order valence-electron chi connectivity index (χ4n) is 2.95. The van der Waals surface area contributed by atoms with E-state index in [1.165, 1.54) is 0 Å². The summed E-state index contributed by atoms with van der Waals surface area (Å²) < 4.78 is 0. The molecule has 0 saturated carbocycles. The van der Waals surface area contributed by atoms with E-state index in [1.54, 1.807) is 36.1 Å². The lowest BCUT2D eigenvalue weighted by atomic mass is 10.1. The van der Waals surface area contributed by atoms with E-state index in [2.05, 4.69) is 4.98 Å². The summed E-state index contributed by atoms with van der Waals surface area (Å²) in [7, 11) is 0. The van der Waals surface area contributed by atoms with Crippen LogP contribution in [0.3, 0.4) is 0 Å². The lowest BCUT2D eigenvalue weighted by Crippen LogP contribution is -2.35. The molecule has 3 aromatic rings. The zero-order valence-electron chi connectivity index (χ0n) is 15.5. The molecule has 3 rings (SSSR count). The second-order valence-electron chi connectivity index (χ2n) is 6.62. The number of nitrogens with one attached hydrogen (secondary N) is 1. The van der Waals surface area contributed by atoms with Gasteiger partial charge >= 0.3 is 0 Å². The Balaban J connectivity index is 2.08. The number of H-pyrrole nitrogens is 1. The fourth-order valence-corrected chi connectivity index (χ4v) is 3.08. The molecule has 0 spiro atoms. The SMILES string of the molecule is Cc1ccc(C(=O)N(Cc2ccc(Cl)cc2)c2cccc(C)c2C)c(=O)[nH]1. The normalized spacial score (nSPS) is 10.7. The third kappa shape index (κ3) is 4.12. The van der Waals surface area contributed by atoms with Crippen LogP contribution in [0.1, 0.15) is 32.7 Å². The Morgan fingerprint density at radius 3 is 2.37 bits per heavy atom. The highest BCUT2D eigenvalue weighted by atomic mass is 35.5. The van der Waals surface area contributed by atoms with Gasteiger partial charge in [-0.15, -0.1) is 0 Å². The van der Waals surface area contributed by atoms with Gasteiger partial charge < -0.3 is 9.88 Å². The highest BCUT2D eigenvalue weighted by molar-refractivity contribution is 6.30. The summed E-state index contributed by atoms with van der Waals surface area (Å²) in [6.07, 6.45) is 0. The first-order chi connectivity index (χ1) is 12.9. The molecule has 138 valence electrons. The molecule has 0 bridgehead atoms. The van der Waals surface area contributed by atoms with E-state index in [0.29, 0.717) is 17.3 Å². The molecule has 2 aromatic carbocycles. The monoisotopic (exact) mass is 380 g/mol. The van der Waals surface area contributed by atoms with Gasteiger partial charge in [-0.2, -0.15) is 0 Å². The van der Waals surface area contributed by atoms with Crippen molar-refractivity contribution in [3.63, 3.8) is 0 Å². The summed E-state index contributed by atoms with van der Waals surface area (Å²) in [6, 6.07) is 16.5. The number of aromatic nitrogens is 1. The Morgan fingerprint density at radius 1 is 1.00 bits per heavy atom. The number of hydrogen-bond donors (Lipinski definition) is 1. The second-order valence-corrected chi connectivity index (χ2v) is 7.06. The standard InChI is InChI=1S/C22H21ClN2O2/c1-14-5-4-6-20(16(14)3)25(13-17-8-10-18(23)11-9-17)22(27)19-12-7-15(2)24-21(19)26/h4-12H,13H2,1-3H3,(H,24,26). The first-order valence-electron chi connectivity index (χ1n) is 8.69. The molecule has 0 saturated heterocycles. The fraction of sp³-hybridized carbons (Fsp3) is 0.182. The van der Waals surface area contributed by atoms with Gasteiger partial charge in [-0.05, 0) is 67.8 Å². The van der Waals surface area contributed by atoms with Crippen LogP contribution in [-0.2, 0) is 6.54 Å². The van der Waals surface area contributed by atoms with Crippen molar-refractivity contribution < 1.29 is 4.79 Å². The number of hydrogen-bond acceptors (Lipinski definition) is 2. The van der Waals surface area contributed by atoms with E-state index < -0.39 is 0 Å². The zero-order valence-corrected chi connectivity index (χ0v) is 16.3. The molecular formula is C22H21ClN2O2. The molecule has 0 aliphatic heterocycles.